The second-order valence-electron chi connectivity index (χ2n) is 10.9. The highest BCUT2D eigenvalue weighted by atomic mass is 32.2. The molecule has 1 heterocycles. The van der Waals surface area contributed by atoms with E-state index in [2.05, 4.69) is 146 Å². The lowest BCUT2D eigenvalue weighted by Crippen LogP contribution is -1.94. The molecule has 0 atom stereocenters. The molecular formula is C40H24S. The van der Waals surface area contributed by atoms with Gasteiger partial charge in [0.2, 0.25) is 0 Å². The molecule has 0 nitrogen and oxygen atoms in total. The Morgan fingerprint density at radius 3 is 1.95 bits per heavy atom. The molecule has 0 saturated carbocycles. The maximum atomic E-state index is 2.36. The minimum absolute atomic E-state index is 1.25. The fraction of sp³-hybridized carbons (Fsp3) is 0. The molecule has 0 amide bonds. The van der Waals surface area contributed by atoms with Gasteiger partial charge in [0.05, 0.1) is 0 Å². The molecule has 0 N–H and O–H groups in total. The first-order chi connectivity index (χ1) is 20.3. The van der Waals surface area contributed by atoms with Crippen LogP contribution in [-0.4, -0.2) is 0 Å². The van der Waals surface area contributed by atoms with E-state index in [-0.39, 0.29) is 0 Å². The zero-order chi connectivity index (χ0) is 26.9. The van der Waals surface area contributed by atoms with Gasteiger partial charge in [-0.15, -0.1) is 0 Å². The summed E-state index contributed by atoms with van der Waals surface area (Å²) in [6, 6.07) is 53.8. The molecule has 1 aliphatic heterocycles. The smallest absolute Gasteiger partial charge is 0.0207 e. The van der Waals surface area contributed by atoms with Crippen molar-refractivity contribution in [2.24, 2.45) is 0 Å². The van der Waals surface area contributed by atoms with Gasteiger partial charge in [0.25, 0.3) is 0 Å². The van der Waals surface area contributed by atoms with E-state index < -0.39 is 0 Å². The first kappa shape index (κ1) is 22.9. The average molecular weight is 537 g/mol. The topological polar surface area (TPSA) is 0 Å². The number of hydrogen-bond donors (Lipinski definition) is 0. The Labute approximate surface area is 242 Å². The van der Waals surface area contributed by atoms with Crippen molar-refractivity contribution in [3.8, 4) is 33.4 Å². The van der Waals surface area contributed by atoms with Gasteiger partial charge in [-0.2, -0.15) is 0 Å². The Morgan fingerprint density at radius 2 is 1.05 bits per heavy atom. The fourth-order valence-corrected chi connectivity index (χ4v) is 7.91. The van der Waals surface area contributed by atoms with Gasteiger partial charge in [-0.1, -0.05) is 139 Å². The monoisotopic (exact) mass is 536 g/mol. The number of benzene rings is 8. The van der Waals surface area contributed by atoms with Crippen LogP contribution in [0.4, 0.5) is 0 Å². The molecule has 8 aromatic rings. The Morgan fingerprint density at radius 1 is 0.341 bits per heavy atom. The van der Waals surface area contributed by atoms with E-state index in [1.807, 2.05) is 11.8 Å². The van der Waals surface area contributed by atoms with Crippen LogP contribution in [-0.2, 0) is 0 Å². The summed E-state index contributed by atoms with van der Waals surface area (Å²) in [5, 5.41) is 10.4. The molecule has 8 aromatic carbocycles. The maximum Gasteiger partial charge on any atom is 0.0207 e. The van der Waals surface area contributed by atoms with Gasteiger partial charge in [-0.3, -0.25) is 0 Å². The predicted molar refractivity (Wildman–Crippen MR) is 177 cm³/mol. The van der Waals surface area contributed by atoms with E-state index >= 15 is 0 Å². The van der Waals surface area contributed by atoms with Crippen molar-refractivity contribution in [2.75, 3.05) is 0 Å². The number of fused-ring (bicyclic) bond motifs is 6. The van der Waals surface area contributed by atoms with Crippen molar-refractivity contribution >= 4 is 54.9 Å². The Balaban J connectivity index is 1.24. The summed E-state index contributed by atoms with van der Waals surface area (Å²) in [4.78, 5) is 2.67. The highest BCUT2D eigenvalue weighted by Crippen LogP contribution is 2.49. The largest absolute Gasteiger partial charge is 0.0888 e. The van der Waals surface area contributed by atoms with Crippen molar-refractivity contribution < 1.29 is 0 Å². The summed E-state index contributed by atoms with van der Waals surface area (Å²) in [6.45, 7) is 0. The molecule has 0 saturated heterocycles. The molecule has 9 rings (SSSR count). The maximum absolute atomic E-state index is 2.36. The van der Waals surface area contributed by atoms with Gasteiger partial charge < -0.3 is 0 Å². The molecule has 0 unspecified atom stereocenters. The first-order valence-electron chi connectivity index (χ1n) is 14.1. The third-order valence-corrected chi connectivity index (χ3v) is 9.79. The highest BCUT2D eigenvalue weighted by molar-refractivity contribution is 7.99. The Bertz CT molecular complexity index is 2330. The van der Waals surface area contributed by atoms with Gasteiger partial charge in [-0.05, 0) is 89.3 Å². The summed E-state index contributed by atoms with van der Waals surface area (Å²) < 4.78 is 0. The molecule has 0 bridgehead atoms. The number of hydrogen-bond acceptors (Lipinski definition) is 1. The average Bonchev–Trinajstić information content (AvgIpc) is 3.04. The zero-order valence-electron chi connectivity index (χ0n) is 22.3. The molecule has 0 radical (unpaired) electrons. The molecule has 0 fully saturated rings. The molecule has 0 aliphatic carbocycles. The zero-order valence-corrected chi connectivity index (χ0v) is 23.1. The van der Waals surface area contributed by atoms with Gasteiger partial charge in [0.1, 0.15) is 0 Å². The van der Waals surface area contributed by atoms with Crippen molar-refractivity contribution in [3.63, 3.8) is 0 Å². The highest BCUT2D eigenvalue weighted by Gasteiger charge is 2.20. The van der Waals surface area contributed by atoms with E-state index in [0.717, 1.165) is 0 Å². The number of rotatable bonds is 2. The normalized spacial score (nSPS) is 12.3. The third-order valence-electron chi connectivity index (χ3n) is 8.65. The minimum atomic E-state index is 1.25. The summed E-state index contributed by atoms with van der Waals surface area (Å²) in [5.41, 5.74) is 7.75. The molecule has 1 aliphatic rings. The summed E-state index contributed by atoms with van der Waals surface area (Å²) in [5.74, 6) is 0. The molecule has 41 heavy (non-hydrogen) atoms. The van der Waals surface area contributed by atoms with Crippen molar-refractivity contribution in [2.45, 2.75) is 9.79 Å². The molecule has 1 heteroatoms. The van der Waals surface area contributed by atoms with Crippen molar-refractivity contribution in [3.05, 3.63) is 146 Å². The van der Waals surface area contributed by atoms with Crippen molar-refractivity contribution in [1.82, 2.24) is 0 Å². The SMILES string of the molecule is c1ccc2c(c1)Sc1ccc(-c3ccc(-c4c5ccccc5cc5c4ccc4ccccc45)cc3)c3cccc-2c13. The van der Waals surface area contributed by atoms with Gasteiger partial charge >= 0.3 is 0 Å². The van der Waals surface area contributed by atoms with Gasteiger partial charge in [0.15, 0.2) is 0 Å². The van der Waals surface area contributed by atoms with Crippen LogP contribution in [0.1, 0.15) is 0 Å². The van der Waals surface area contributed by atoms with Crippen LogP contribution in [0, 0.1) is 0 Å². The summed E-state index contributed by atoms with van der Waals surface area (Å²) in [6.07, 6.45) is 0. The fourth-order valence-electron chi connectivity index (χ4n) is 6.78. The predicted octanol–water partition coefficient (Wildman–Crippen LogP) is 11.8. The minimum Gasteiger partial charge on any atom is -0.0888 e. The second-order valence-corrected chi connectivity index (χ2v) is 12.0. The van der Waals surface area contributed by atoms with Crippen LogP contribution in [0.2, 0.25) is 0 Å². The first-order valence-corrected chi connectivity index (χ1v) is 14.9. The van der Waals surface area contributed by atoms with Crippen LogP contribution >= 0.6 is 11.8 Å². The lowest BCUT2D eigenvalue weighted by atomic mass is 9.88. The Kier molecular flexibility index (Phi) is 4.93. The van der Waals surface area contributed by atoms with Crippen LogP contribution < -0.4 is 0 Å². The summed E-state index contributed by atoms with van der Waals surface area (Å²) >= 11 is 1.88. The van der Waals surface area contributed by atoms with E-state index in [1.54, 1.807) is 0 Å². The van der Waals surface area contributed by atoms with E-state index in [9.17, 15) is 0 Å². The van der Waals surface area contributed by atoms with Crippen LogP contribution in [0.3, 0.4) is 0 Å². The second kappa shape index (κ2) is 8.83. The van der Waals surface area contributed by atoms with Crippen molar-refractivity contribution in [1.29, 1.82) is 0 Å². The van der Waals surface area contributed by atoms with E-state index in [0.29, 0.717) is 0 Å². The Hall–Kier alpha value is -4.85. The van der Waals surface area contributed by atoms with E-state index in [4.69, 9.17) is 0 Å². The standard InChI is InChI=1S/C40H24S/c1-3-10-29-25(8-1)20-21-35-36(29)24-28-9-2-4-11-31(28)39(35)27-18-16-26(17-19-27)30-22-23-38-40-33(30)13-7-14-34(40)32-12-5-6-15-37(32)41-38/h1-24H. The molecular weight excluding hydrogens is 513 g/mol. The van der Waals surface area contributed by atoms with Gasteiger partial charge in [0, 0.05) is 15.2 Å². The van der Waals surface area contributed by atoms with Crippen LogP contribution in [0.25, 0.3) is 76.5 Å². The van der Waals surface area contributed by atoms with E-state index in [1.165, 1.54) is 86.3 Å². The molecule has 0 spiro atoms. The molecule has 190 valence electrons. The quantitative estimate of drug-likeness (QED) is 0.156. The lowest BCUT2D eigenvalue weighted by Gasteiger charge is -2.21. The van der Waals surface area contributed by atoms with Gasteiger partial charge in [-0.25, -0.2) is 0 Å². The third kappa shape index (κ3) is 3.43. The van der Waals surface area contributed by atoms with Crippen LogP contribution in [0.5, 0.6) is 0 Å². The lowest BCUT2D eigenvalue weighted by molar-refractivity contribution is 1.40. The summed E-state index contributed by atoms with van der Waals surface area (Å²) in [7, 11) is 0. The molecule has 0 aromatic heterocycles. The van der Waals surface area contributed by atoms with Crippen LogP contribution in [0.15, 0.2) is 155 Å².